The Morgan fingerprint density at radius 1 is 1.48 bits per heavy atom. The number of benzene rings is 1. The highest BCUT2D eigenvalue weighted by Gasteiger charge is 2.13. The monoisotopic (exact) mass is 344 g/mol. The van der Waals surface area contributed by atoms with Crippen molar-refractivity contribution in [3.63, 3.8) is 0 Å². The van der Waals surface area contributed by atoms with Gasteiger partial charge in [0.15, 0.2) is 10.9 Å². The van der Waals surface area contributed by atoms with Crippen molar-refractivity contribution in [2.24, 2.45) is 5.10 Å². The zero-order chi connectivity index (χ0) is 15.6. The molecule has 0 aliphatic rings. The van der Waals surface area contributed by atoms with E-state index in [2.05, 4.69) is 15.5 Å². The minimum atomic E-state index is -0.408. The van der Waals surface area contributed by atoms with Crippen LogP contribution in [0.5, 0.6) is 5.75 Å². The first-order valence-electron chi connectivity index (χ1n) is 5.63. The maximum absolute atomic E-state index is 11.9. The number of nitrogens with zero attached hydrogens (tertiary/aromatic N) is 2. The molecule has 2 rings (SSSR count). The summed E-state index contributed by atoms with van der Waals surface area (Å²) in [6.45, 7) is 1.69. The fourth-order valence-electron chi connectivity index (χ4n) is 1.50. The molecule has 21 heavy (non-hydrogen) atoms. The second kappa shape index (κ2) is 6.30. The number of phenols is 1. The highest BCUT2D eigenvalue weighted by atomic mass is 35.5. The van der Waals surface area contributed by atoms with Gasteiger partial charge < -0.3 is 10.8 Å². The predicted octanol–water partition coefficient (Wildman–Crippen LogP) is 2.81. The number of halogens is 2. The molecule has 0 aliphatic heterocycles. The van der Waals surface area contributed by atoms with E-state index in [0.717, 1.165) is 11.3 Å². The number of nitrogens with two attached hydrogens (primary N) is 1. The second-order valence-corrected chi connectivity index (χ2v) is 5.84. The van der Waals surface area contributed by atoms with Gasteiger partial charge in [0, 0.05) is 0 Å². The number of hydrazone groups is 1. The lowest BCUT2D eigenvalue weighted by molar-refractivity contribution is 0.0958. The maximum Gasteiger partial charge on any atom is 0.283 e. The summed E-state index contributed by atoms with van der Waals surface area (Å²) < 4.78 is 0. The van der Waals surface area contributed by atoms with E-state index in [1.165, 1.54) is 18.3 Å². The second-order valence-electron chi connectivity index (χ2n) is 4.00. The van der Waals surface area contributed by atoms with Crippen LogP contribution in [0.4, 0.5) is 5.13 Å². The number of rotatable bonds is 3. The molecule has 9 heteroatoms. The van der Waals surface area contributed by atoms with Gasteiger partial charge in [-0.2, -0.15) is 5.10 Å². The van der Waals surface area contributed by atoms with Gasteiger partial charge in [0.25, 0.3) is 5.91 Å². The van der Waals surface area contributed by atoms with Gasteiger partial charge >= 0.3 is 0 Å². The number of thiazole rings is 1. The topological polar surface area (TPSA) is 101 Å². The van der Waals surface area contributed by atoms with E-state index in [1.807, 2.05) is 0 Å². The molecule has 110 valence electrons. The van der Waals surface area contributed by atoms with Crippen LogP contribution < -0.4 is 11.2 Å². The van der Waals surface area contributed by atoms with E-state index in [0.29, 0.717) is 21.3 Å². The first-order valence-corrected chi connectivity index (χ1v) is 7.20. The molecule has 1 aromatic heterocycles. The lowest BCUT2D eigenvalue weighted by atomic mass is 10.2. The number of carbonyl (C=O) groups excluding carboxylic acids is 1. The fourth-order valence-corrected chi connectivity index (χ4v) is 2.73. The molecule has 0 bridgehead atoms. The Bertz CT molecular complexity index is 707. The summed E-state index contributed by atoms with van der Waals surface area (Å²) in [6, 6.07) is 2.93. The molecule has 4 N–H and O–H groups in total. The molecule has 0 saturated carbocycles. The van der Waals surface area contributed by atoms with Crippen LogP contribution in [0, 0.1) is 6.92 Å². The molecule has 0 fully saturated rings. The lowest BCUT2D eigenvalue weighted by Gasteiger charge is -2.01. The number of hydrogen-bond acceptors (Lipinski definition) is 6. The molecule has 0 atom stereocenters. The third kappa shape index (κ3) is 3.63. The van der Waals surface area contributed by atoms with Gasteiger partial charge in [-0.05, 0) is 24.6 Å². The molecule has 0 radical (unpaired) electrons. The fraction of sp³-hybridized carbons (Fsp3) is 0.0833. The molecule has 2 aromatic rings. The molecule has 1 aromatic carbocycles. The number of aryl methyl sites for hydroxylation is 1. The van der Waals surface area contributed by atoms with Crippen LogP contribution in [0.25, 0.3) is 0 Å². The highest BCUT2D eigenvalue weighted by molar-refractivity contribution is 7.17. The average molecular weight is 345 g/mol. The summed E-state index contributed by atoms with van der Waals surface area (Å²) in [4.78, 5) is 16.2. The van der Waals surface area contributed by atoms with E-state index in [1.54, 1.807) is 6.92 Å². The van der Waals surface area contributed by atoms with Gasteiger partial charge in [0.1, 0.15) is 4.88 Å². The van der Waals surface area contributed by atoms with Crippen molar-refractivity contribution >= 4 is 51.8 Å². The number of phenolic OH excluding ortho intramolecular Hbond substituents is 1. The molecule has 0 saturated heterocycles. The molecular formula is C12H10Cl2N4O2S. The SMILES string of the molecule is Cc1nc(N)sc1C(=O)N/N=C\c1cc(Cl)c(O)c(Cl)c1. The Morgan fingerprint density at radius 3 is 2.62 bits per heavy atom. The average Bonchev–Trinajstić information content (AvgIpc) is 2.75. The predicted molar refractivity (Wildman–Crippen MR) is 84.5 cm³/mol. The largest absolute Gasteiger partial charge is 0.505 e. The van der Waals surface area contributed by atoms with E-state index in [4.69, 9.17) is 28.9 Å². The highest BCUT2D eigenvalue weighted by Crippen LogP contribution is 2.32. The number of aromatic hydroxyl groups is 1. The van der Waals surface area contributed by atoms with E-state index in [9.17, 15) is 9.90 Å². The summed E-state index contributed by atoms with van der Waals surface area (Å²) in [5.41, 5.74) is 8.95. The molecule has 0 spiro atoms. The van der Waals surface area contributed by atoms with E-state index in [-0.39, 0.29) is 15.8 Å². The summed E-state index contributed by atoms with van der Waals surface area (Å²) in [7, 11) is 0. The maximum atomic E-state index is 11.9. The Morgan fingerprint density at radius 2 is 2.10 bits per heavy atom. The number of nitrogens with one attached hydrogen (secondary N) is 1. The molecule has 1 heterocycles. The number of anilines is 1. The van der Waals surface area contributed by atoms with Crippen molar-refractivity contribution in [1.82, 2.24) is 10.4 Å². The summed E-state index contributed by atoms with van der Waals surface area (Å²) in [5.74, 6) is -0.607. The van der Waals surface area contributed by atoms with Crippen LogP contribution >= 0.6 is 34.5 Å². The zero-order valence-corrected chi connectivity index (χ0v) is 13.1. The van der Waals surface area contributed by atoms with Gasteiger partial charge in [-0.25, -0.2) is 10.4 Å². The Balaban J connectivity index is 2.09. The Kier molecular flexibility index (Phi) is 4.66. The summed E-state index contributed by atoms with van der Waals surface area (Å²) in [5, 5.41) is 13.7. The van der Waals surface area contributed by atoms with Crippen molar-refractivity contribution in [3.8, 4) is 5.75 Å². The normalized spacial score (nSPS) is 11.0. The zero-order valence-electron chi connectivity index (χ0n) is 10.7. The molecule has 6 nitrogen and oxygen atoms in total. The number of amides is 1. The van der Waals surface area contributed by atoms with Crippen molar-refractivity contribution in [1.29, 1.82) is 0 Å². The van der Waals surface area contributed by atoms with Crippen LogP contribution in [0.3, 0.4) is 0 Å². The first-order chi connectivity index (χ1) is 9.88. The minimum Gasteiger partial charge on any atom is -0.505 e. The van der Waals surface area contributed by atoms with Crippen LogP contribution in [0.2, 0.25) is 10.0 Å². The quantitative estimate of drug-likeness (QED) is 0.588. The third-order valence-electron chi connectivity index (χ3n) is 2.44. The Hall–Kier alpha value is -1.83. The number of aromatic nitrogens is 1. The van der Waals surface area contributed by atoms with Crippen LogP contribution in [-0.4, -0.2) is 22.2 Å². The van der Waals surface area contributed by atoms with Crippen LogP contribution in [0.15, 0.2) is 17.2 Å². The van der Waals surface area contributed by atoms with E-state index < -0.39 is 5.91 Å². The van der Waals surface area contributed by atoms with Crippen LogP contribution in [-0.2, 0) is 0 Å². The van der Waals surface area contributed by atoms with Gasteiger partial charge in [-0.3, -0.25) is 4.79 Å². The molecule has 1 amide bonds. The van der Waals surface area contributed by atoms with Crippen molar-refractivity contribution in [2.45, 2.75) is 6.92 Å². The number of hydrogen-bond donors (Lipinski definition) is 3. The van der Waals surface area contributed by atoms with E-state index >= 15 is 0 Å². The van der Waals surface area contributed by atoms with Crippen molar-refractivity contribution < 1.29 is 9.90 Å². The van der Waals surface area contributed by atoms with Gasteiger partial charge in [0.2, 0.25) is 0 Å². The lowest BCUT2D eigenvalue weighted by Crippen LogP contribution is -2.17. The summed E-state index contributed by atoms with van der Waals surface area (Å²) in [6.07, 6.45) is 1.36. The van der Waals surface area contributed by atoms with Crippen molar-refractivity contribution in [3.05, 3.63) is 38.3 Å². The van der Waals surface area contributed by atoms with Gasteiger partial charge in [-0.1, -0.05) is 34.5 Å². The van der Waals surface area contributed by atoms with Crippen LogP contribution in [0.1, 0.15) is 20.9 Å². The molecule has 0 unspecified atom stereocenters. The number of nitrogen functional groups attached to an aromatic ring is 1. The van der Waals surface area contributed by atoms with Gasteiger partial charge in [0.05, 0.1) is 22.0 Å². The minimum absolute atomic E-state index is 0.0985. The number of carbonyl (C=O) groups is 1. The first kappa shape index (κ1) is 15.6. The summed E-state index contributed by atoms with van der Waals surface area (Å²) >= 11 is 12.6. The third-order valence-corrected chi connectivity index (χ3v) is 4.00. The van der Waals surface area contributed by atoms with Crippen molar-refractivity contribution in [2.75, 3.05) is 5.73 Å². The Labute approximate surface area is 134 Å². The molecule has 0 aliphatic carbocycles. The van der Waals surface area contributed by atoms with Gasteiger partial charge in [-0.15, -0.1) is 0 Å². The standard InChI is InChI=1S/C12H10Cl2N4O2S/c1-5-10(21-12(15)17-5)11(20)18-16-4-6-2-7(13)9(19)8(14)3-6/h2-4,19H,1H3,(H2,15,17)(H,18,20)/b16-4-. The molecular weight excluding hydrogens is 335 g/mol. The smallest absolute Gasteiger partial charge is 0.283 e.